The van der Waals surface area contributed by atoms with Crippen LogP contribution in [0.3, 0.4) is 0 Å². The molecule has 0 aromatic heterocycles. The van der Waals surface area contributed by atoms with E-state index in [0.717, 1.165) is 12.0 Å². The van der Waals surface area contributed by atoms with Crippen LogP contribution in [0.25, 0.3) is 0 Å². The standard InChI is InChI=1S/C12H18N2O2S/c1-2-3-9-17(15,16)14-12(13)10-11-7-5-4-6-8-11/h4-8H,2-3,9-10H2,1H3,(H2,13,14). The first-order valence-electron chi connectivity index (χ1n) is 5.64. The normalized spacial score (nSPS) is 12.6. The van der Waals surface area contributed by atoms with E-state index in [4.69, 9.17) is 5.73 Å². The molecular formula is C12H18N2O2S. The SMILES string of the molecule is CCCCS(=O)(=O)/N=C(\N)Cc1ccccc1. The van der Waals surface area contributed by atoms with Gasteiger partial charge in [0.05, 0.1) is 5.75 Å². The van der Waals surface area contributed by atoms with Gasteiger partial charge < -0.3 is 5.73 Å². The van der Waals surface area contributed by atoms with Gasteiger partial charge in [-0.3, -0.25) is 0 Å². The maximum atomic E-state index is 11.5. The first kappa shape index (κ1) is 13.7. The summed E-state index contributed by atoms with van der Waals surface area (Å²) in [4.78, 5) is 0. The first-order chi connectivity index (χ1) is 8.03. The van der Waals surface area contributed by atoms with Gasteiger partial charge in [-0.25, -0.2) is 8.42 Å². The van der Waals surface area contributed by atoms with Crippen molar-refractivity contribution in [2.75, 3.05) is 5.75 Å². The van der Waals surface area contributed by atoms with Crippen LogP contribution in [0.15, 0.2) is 34.7 Å². The first-order valence-corrected chi connectivity index (χ1v) is 7.25. The average molecular weight is 254 g/mol. The molecule has 0 amide bonds. The number of hydrogen-bond donors (Lipinski definition) is 1. The van der Waals surface area contributed by atoms with Crippen LogP contribution in [0.5, 0.6) is 0 Å². The quantitative estimate of drug-likeness (QED) is 0.620. The molecule has 4 nitrogen and oxygen atoms in total. The number of rotatable bonds is 6. The summed E-state index contributed by atoms with van der Waals surface area (Å²) in [5, 5.41) is 0. The highest BCUT2D eigenvalue weighted by molar-refractivity contribution is 7.90. The molecular weight excluding hydrogens is 236 g/mol. The third-order valence-electron chi connectivity index (χ3n) is 2.24. The molecule has 94 valence electrons. The Labute approximate surface area is 103 Å². The van der Waals surface area contributed by atoms with Crippen LogP contribution in [-0.2, 0) is 16.4 Å². The predicted molar refractivity (Wildman–Crippen MR) is 70.5 cm³/mol. The largest absolute Gasteiger partial charge is 0.386 e. The molecule has 0 atom stereocenters. The molecule has 0 saturated carbocycles. The van der Waals surface area contributed by atoms with E-state index in [1.54, 1.807) is 0 Å². The van der Waals surface area contributed by atoms with Crippen LogP contribution in [-0.4, -0.2) is 20.0 Å². The smallest absolute Gasteiger partial charge is 0.254 e. The molecule has 0 aliphatic carbocycles. The van der Waals surface area contributed by atoms with E-state index in [9.17, 15) is 8.42 Å². The molecule has 0 aliphatic heterocycles. The van der Waals surface area contributed by atoms with Gasteiger partial charge >= 0.3 is 0 Å². The van der Waals surface area contributed by atoms with Crippen LogP contribution >= 0.6 is 0 Å². The molecule has 0 heterocycles. The molecule has 0 fully saturated rings. The number of unbranched alkanes of at least 4 members (excludes halogenated alkanes) is 1. The number of nitrogens with zero attached hydrogens (tertiary/aromatic N) is 1. The Bertz CT molecular complexity index is 467. The lowest BCUT2D eigenvalue weighted by Gasteiger charge is -2.02. The fourth-order valence-electron chi connectivity index (χ4n) is 1.39. The van der Waals surface area contributed by atoms with Crippen molar-refractivity contribution in [3.63, 3.8) is 0 Å². The van der Waals surface area contributed by atoms with Crippen LogP contribution in [0, 0.1) is 0 Å². The lowest BCUT2D eigenvalue weighted by atomic mass is 10.1. The molecule has 1 aromatic carbocycles. The lowest BCUT2D eigenvalue weighted by Crippen LogP contribution is -2.18. The molecule has 17 heavy (non-hydrogen) atoms. The van der Waals surface area contributed by atoms with Gasteiger partial charge in [-0.15, -0.1) is 0 Å². The van der Waals surface area contributed by atoms with Crippen molar-refractivity contribution in [2.24, 2.45) is 10.1 Å². The predicted octanol–water partition coefficient (Wildman–Crippen LogP) is 1.72. The highest BCUT2D eigenvalue weighted by atomic mass is 32.2. The summed E-state index contributed by atoms with van der Waals surface area (Å²) >= 11 is 0. The van der Waals surface area contributed by atoms with E-state index in [1.807, 2.05) is 37.3 Å². The van der Waals surface area contributed by atoms with Gasteiger partial charge in [-0.2, -0.15) is 4.40 Å². The number of amidine groups is 1. The Morgan fingerprint density at radius 3 is 2.53 bits per heavy atom. The molecule has 0 unspecified atom stereocenters. The molecule has 0 bridgehead atoms. The molecule has 1 aromatic rings. The molecule has 0 aliphatic rings. The Morgan fingerprint density at radius 2 is 1.94 bits per heavy atom. The van der Waals surface area contributed by atoms with Crippen molar-refractivity contribution in [1.82, 2.24) is 0 Å². The fraction of sp³-hybridized carbons (Fsp3) is 0.417. The van der Waals surface area contributed by atoms with Crippen LogP contribution in [0.4, 0.5) is 0 Å². The Morgan fingerprint density at radius 1 is 1.29 bits per heavy atom. The van der Waals surface area contributed by atoms with Gasteiger partial charge in [-0.1, -0.05) is 43.7 Å². The second-order valence-corrected chi connectivity index (χ2v) is 5.64. The minimum atomic E-state index is -3.40. The molecule has 0 saturated heterocycles. The van der Waals surface area contributed by atoms with Gasteiger partial charge in [0.15, 0.2) is 0 Å². The minimum Gasteiger partial charge on any atom is -0.386 e. The van der Waals surface area contributed by atoms with Crippen molar-refractivity contribution in [3.8, 4) is 0 Å². The number of sulfonamides is 1. The second kappa shape index (κ2) is 6.39. The van der Waals surface area contributed by atoms with E-state index in [1.165, 1.54) is 0 Å². The summed E-state index contributed by atoms with van der Waals surface area (Å²) in [6.07, 6.45) is 1.81. The van der Waals surface area contributed by atoms with Gasteiger partial charge in [0.25, 0.3) is 10.0 Å². The number of benzene rings is 1. The van der Waals surface area contributed by atoms with Crippen molar-refractivity contribution in [2.45, 2.75) is 26.2 Å². The summed E-state index contributed by atoms with van der Waals surface area (Å²) in [5.74, 6) is 0.214. The van der Waals surface area contributed by atoms with Crippen LogP contribution < -0.4 is 5.73 Å². The van der Waals surface area contributed by atoms with Crippen molar-refractivity contribution in [3.05, 3.63) is 35.9 Å². The highest BCUT2D eigenvalue weighted by Crippen LogP contribution is 2.02. The van der Waals surface area contributed by atoms with Crippen LogP contribution in [0.1, 0.15) is 25.3 Å². The van der Waals surface area contributed by atoms with E-state index in [2.05, 4.69) is 4.40 Å². The van der Waals surface area contributed by atoms with Crippen LogP contribution in [0.2, 0.25) is 0 Å². The van der Waals surface area contributed by atoms with E-state index in [-0.39, 0.29) is 11.6 Å². The fourth-order valence-corrected chi connectivity index (χ4v) is 2.55. The molecule has 2 N–H and O–H groups in total. The van der Waals surface area contributed by atoms with Gasteiger partial charge in [0.1, 0.15) is 5.84 Å². The van der Waals surface area contributed by atoms with Gasteiger partial charge in [0.2, 0.25) is 0 Å². The average Bonchev–Trinajstić information content (AvgIpc) is 2.27. The highest BCUT2D eigenvalue weighted by Gasteiger charge is 2.08. The zero-order valence-electron chi connectivity index (χ0n) is 9.96. The topological polar surface area (TPSA) is 72.5 Å². The Hall–Kier alpha value is -1.36. The Kier molecular flexibility index (Phi) is 5.15. The maximum Gasteiger partial charge on any atom is 0.254 e. The maximum absolute atomic E-state index is 11.5. The van der Waals surface area contributed by atoms with E-state index < -0.39 is 10.0 Å². The number of nitrogens with two attached hydrogens (primary N) is 1. The van der Waals surface area contributed by atoms with Crippen molar-refractivity contribution < 1.29 is 8.42 Å². The summed E-state index contributed by atoms with van der Waals surface area (Å²) in [6, 6.07) is 9.44. The summed E-state index contributed by atoms with van der Waals surface area (Å²) in [7, 11) is -3.40. The lowest BCUT2D eigenvalue weighted by molar-refractivity contribution is 0.594. The second-order valence-electron chi connectivity index (χ2n) is 3.88. The monoisotopic (exact) mass is 254 g/mol. The summed E-state index contributed by atoms with van der Waals surface area (Å²) in [6.45, 7) is 1.94. The summed E-state index contributed by atoms with van der Waals surface area (Å²) < 4.78 is 26.7. The Balaban J connectivity index is 2.67. The molecule has 1 rings (SSSR count). The summed E-state index contributed by atoms with van der Waals surface area (Å²) in [5.41, 5.74) is 6.59. The third kappa shape index (κ3) is 5.49. The minimum absolute atomic E-state index is 0.0684. The molecule has 0 spiro atoms. The zero-order chi connectivity index (χ0) is 12.7. The molecule has 0 radical (unpaired) electrons. The van der Waals surface area contributed by atoms with Gasteiger partial charge in [-0.05, 0) is 12.0 Å². The van der Waals surface area contributed by atoms with Crippen molar-refractivity contribution in [1.29, 1.82) is 0 Å². The third-order valence-corrected chi connectivity index (χ3v) is 3.56. The number of hydrogen-bond acceptors (Lipinski definition) is 2. The van der Waals surface area contributed by atoms with E-state index >= 15 is 0 Å². The van der Waals surface area contributed by atoms with Gasteiger partial charge in [0, 0.05) is 6.42 Å². The molecule has 5 heteroatoms. The zero-order valence-corrected chi connectivity index (χ0v) is 10.8. The van der Waals surface area contributed by atoms with E-state index in [0.29, 0.717) is 12.8 Å². The van der Waals surface area contributed by atoms with Crippen molar-refractivity contribution >= 4 is 15.9 Å².